The van der Waals surface area contributed by atoms with E-state index in [4.69, 9.17) is 21.1 Å². The van der Waals surface area contributed by atoms with Crippen molar-refractivity contribution in [3.05, 3.63) is 106 Å². The molecule has 0 spiro atoms. The van der Waals surface area contributed by atoms with Crippen molar-refractivity contribution in [2.24, 2.45) is 0 Å². The van der Waals surface area contributed by atoms with Gasteiger partial charge in [0.2, 0.25) is 0 Å². The Balaban J connectivity index is 1.25. The second kappa shape index (κ2) is 12.5. The molecule has 2 N–H and O–H groups in total. The van der Waals surface area contributed by atoms with Gasteiger partial charge in [0.15, 0.2) is 0 Å². The Morgan fingerprint density at radius 1 is 0.977 bits per heavy atom. The van der Waals surface area contributed by atoms with Crippen molar-refractivity contribution >= 4 is 34.5 Å². The molecular formula is C34H29ClFN3O5. The number of ether oxygens (including phenoxy) is 2. The van der Waals surface area contributed by atoms with Crippen LogP contribution in [0.4, 0.5) is 4.39 Å². The minimum absolute atomic E-state index is 0.0809. The predicted molar refractivity (Wildman–Crippen MR) is 165 cm³/mol. The number of aliphatic hydroxyl groups excluding tert-OH is 1. The third kappa shape index (κ3) is 6.15. The Labute approximate surface area is 258 Å². The van der Waals surface area contributed by atoms with Crippen molar-refractivity contribution in [1.29, 1.82) is 0 Å². The number of aliphatic hydroxyl groups is 1. The number of hydrogen-bond acceptors (Lipinski definition) is 6. The van der Waals surface area contributed by atoms with Crippen LogP contribution in [0.5, 0.6) is 5.75 Å². The number of amides is 1. The lowest BCUT2D eigenvalue weighted by Gasteiger charge is -2.29. The molecule has 44 heavy (non-hydrogen) atoms. The second-order valence-electron chi connectivity index (χ2n) is 10.6. The molecular weight excluding hydrogens is 585 g/mol. The van der Waals surface area contributed by atoms with E-state index in [-0.39, 0.29) is 24.2 Å². The number of H-pyrrole nitrogens is 1. The molecule has 1 aliphatic rings. The number of rotatable bonds is 7. The Kier molecular flexibility index (Phi) is 8.32. The number of hydrogen-bond donors (Lipinski definition) is 2. The lowest BCUT2D eigenvalue weighted by Crippen LogP contribution is -2.40. The molecule has 1 fully saturated rings. The minimum atomic E-state index is -0.538. The van der Waals surface area contributed by atoms with Crippen molar-refractivity contribution in [2.75, 3.05) is 20.2 Å². The number of imidazole rings is 1. The standard InChI is InChI=1S/C34H29ClFN3O5/c1-43-34(42)22-5-11-30-31(17-22)38-32(37-30)28-10-8-26(18-29(28)36)44-19-23-16-21(33(41)39-14-12-25(40)13-15-39)4-9-27(23)20-2-6-24(35)7-3-20/h2-11,16-18,25,40H,12-15,19H2,1H3,(H,37,38). The quantitative estimate of drug-likeness (QED) is 0.199. The molecule has 1 aromatic heterocycles. The molecule has 8 nitrogen and oxygen atoms in total. The number of methoxy groups -OCH3 is 1. The van der Waals surface area contributed by atoms with Gasteiger partial charge >= 0.3 is 5.97 Å². The van der Waals surface area contributed by atoms with Crippen molar-refractivity contribution in [3.8, 4) is 28.3 Å². The number of nitrogens with one attached hydrogen (secondary N) is 1. The van der Waals surface area contributed by atoms with Gasteiger partial charge < -0.3 is 24.5 Å². The predicted octanol–water partition coefficient (Wildman–Crippen LogP) is 6.65. The van der Waals surface area contributed by atoms with E-state index in [9.17, 15) is 14.7 Å². The first-order chi connectivity index (χ1) is 21.3. The summed E-state index contributed by atoms with van der Waals surface area (Å²) in [6.45, 7) is 1.07. The molecule has 6 rings (SSSR count). The highest BCUT2D eigenvalue weighted by molar-refractivity contribution is 6.30. The molecule has 0 bridgehead atoms. The van der Waals surface area contributed by atoms with Crippen LogP contribution < -0.4 is 4.74 Å². The van der Waals surface area contributed by atoms with Crippen LogP contribution in [0.3, 0.4) is 0 Å². The Morgan fingerprint density at radius 2 is 1.70 bits per heavy atom. The second-order valence-corrected chi connectivity index (χ2v) is 11.1. The fourth-order valence-corrected chi connectivity index (χ4v) is 5.46. The van der Waals surface area contributed by atoms with Crippen LogP contribution in [0.15, 0.2) is 78.9 Å². The summed E-state index contributed by atoms with van der Waals surface area (Å²) in [7, 11) is 1.31. The molecule has 10 heteroatoms. The SMILES string of the molecule is COC(=O)c1ccc2nc(-c3ccc(OCc4cc(C(=O)N5CCC(O)CC5)ccc4-c4ccc(Cl)cc4)cc3F)[nH]c2c1. The van der Waals surface area contributed by atoms with Gasteiger partial charge in [-0.2, -0.15) is 0 Å². The first kappa shape index (κ1) is 29.3. The maximum Gasteiger partial charge on any atom is 0.337 e. The molecule has 1 amide bonds. The van der Waals surface area contributed by atoms with Gasteiger partial charge in [0.25, 0.3) is 5.91 Å². The zero-order chi connectivity index (χ0) is 30.8. The first-order valence-corrected chi connectivity index (χ1v) is 14.5. The molecule has 5 aromatic rings. The summed E-state index contributed by atoms with van der Waals surface area (Å²) in [6, 6.07) is 22.2. The van der Waals surface area contributed by atoms with Gasteiger partial charge in [-0.25, -0.2) is 14.2 Å². The third-order valence-electron chi connectivity index (χ3n) is 7.75. The average molecular weight is 614 g/mol. The van der Waals surface area contributed by atoms with Crippen LogP contribution in [-0.4, -0.2) is 58.2 Å². The molecule has 0 atom stereocenters. The molecule has 4 aromatic carbocycles. The van der Waals surface area contributed by atoms with E-state index < -0.39 is 11.8 Å². The summed E-state index contributed by atoms with van der Waals surface area (Å²) in [5, 5.41) is 10.4. The fraction of sp³-hybridized carbons (Fsp3) is 0.206. The number of esters is 1. The van der Waals surface area contributed by atoms with Crippen molar-refractivity contribution < 1.29 is 28.6 Å². The van der Waals surface area contributed by atoms with E-state index in [0.717, 1.165) is 16.7 Å². The molecule has 2 heterocycles. The van der Waals surface area contributed by atoms with E-state index in [0.29, 0.717) is 64.7 Å². The number of carbonyl (C=O) groups excluding carboxylic acids is 2. The monoisotopic (exact) mass is 613 g/mol. The molecule has 224 valence electrons. The Hall–Kier alpha value is -4.73. The number of benzene rings is 4. The normalized spacial score (nSPS) is 13.7. The molecule has 0 unspecified atom stereocenters. The van der Waals surface area contributed by atoms with E-state index in [1.54, 1.807) is 59.5 Å². The maximum absolute atomic E-state index is 15.3. The number of likely N-dealkylation sites (tertiary alicyclic amines) is 1. The van der Waals surface area contributed by atoms with Crippen molar-refractivity contribution in [1.82, 2.24) is 14.9 Å². The highest BCUT2D eigenvalue weighted by Crippen LogP contribution is 2.30. The number of nitrogens with zero attached hydrogens (tertiary/aromatic N) is 2. The lowest BCUT2D eigenvalue weighted by atomic mass is 9.97. The Bertz CT molecular complexity index is 1850. The van der Waals surface area contributed by atoms with Crippen LogP contribution in [-0.2, 0) is 11.3 Å². The Morgan fingerprint density at radius 3 is 2.43 bits per heavy atom. The zero-order valence-electron chi connectivity index (χ0n) is 23.8. The van der Waals surface area contributed by atoms with Crippen LogP contribution in [0, 0.1) is 5.82 Å². The molecule has 1 saturated heterocycles. The van der Waals surface area contributed by atoms with Gasteiger partial charge in [-0.1, -0.05) is 29.8 Å². The lowest BCUT2D eigenvalue weighted by molar-refractivity contribution is 0.0545. The summed E-state index contributed by atoms with van der Waals surface area (Å²) < 4.78 is 26.2. The summed E-state index contributed by atoms with van der Waals surface area (Å²) in [6.07, 6.45) is 0.719. The van der Waals surface area contributed by atoms with E-state index >= 15 is 4.39 Å². The number of aromatic amines is 1. The smallest absolute Gasteiger partial charge is 0.337 e. The van der Waals surface area contributed by atoms with Gasteiger partial charge in [0.1, 0.15) is 24.0 Å². The molecule has 0 radical (unpaired) electrons. The summed E-state index contributed by atoms with van der Waals surface area (Å²) in [4.78, 5) is 34.4. The number of piperidine rings is 1. The van der Waals surface area contributed by atoms with Gasteiger partial charge in [-0.05, 0) is 84.1 Å². The number of aromatic nitrogens is 2. The highest BCUT2D eigenvalue weighted by atomic mass is 35.5. The summed E-state index contributed by atoms with van der Waals surface area (Å²) in [5.41, 5.74) is 4.78. The summed E-state index contributed by atoms with van der Waals surface area (Å²) in [5.74, 6) is -0.507. The maximum atomic E-state index is 15.3. The number of halogens is 2. The topological polar surface area (TPSA) is 105 Å². The number of carbonyl (C=O) groups is 2. The molecule has 0 aliphatic carbocycles. The molecule has 1 aliphatic heterocycles. The third-order valence-corrected chi connectivity index (χ3v) is 8.00. The largest absolute Gasteiger partial charge is 0.489 e. The van der Waals surface area contributed by atoms with Crippen LogP contribution in [0.2, 0.25) is 5.02 Å². The highest BCUT2D eigenvalue weighted by Gasteiger charge is 2.23. The van der Waals surface area contributed by atoms with Crippen LogP contribution >= 0.6 is 11.6 Å². The van der Waals surface area contributed by atoms with Gasteiger partial charge in [0.05, 0.1) is 35.4 Å². The fourth-order valence-electron chi connectivity index (χ4n) is 5.33. The van der Waals surface area contributed by atoms with E-state index in [1.165, 1.54) is 13.2 Å². The number of fused-ring (bicyclic) bond motifs is 1. The average Bonchev–Trinajstić information content (AvgIpc) is 3.47. The van der Waals surface area contributed by atoms with Gasteiger partial charge in [-0.3, -0.25) is 4.79 Å². The van der Waals surface area contributed by atoms with Gasteiger partial charge in [-0.15, -0.1) is 0 Å². The van der Waals surface area contributed by atoms with E-state index in [1.807, 2.05) is 18.2 Å². The van der Waals surface area contributed by atoms with Gasteiger partial charge in [0, 0.05) is 29.7 Å². The van der Waals surface area contributed by atoms with Crippen LogP contribution in [0.1, 0.15) is 39.1 Å². The minimum Gasteiger partial charge on any atom is -0.489 e. The zero-order valence-corrected chi connectivity index (χ0v) is 24.6. The van der Waals surface area contributed by atoms with Crippen molar-refractivity contribution in [2.45, 2.75) is 25.6 Å². The van der Waals surface area contributed by atoms with Crippen molar-refractivity contribution in [3.63, 3.8) is 0 Å². The van der Waals surface area contributed by atoms with E-state index in [2.05, 4.69) is 9.97 Å². The first-order valence-electron chi connectivity index (χ1n) is 14.2. The van der Waals surface area contributed by atoms with Crippen LogP contribution in [0.25, 0.3) is 33.5 Å². The summed E-state index contributed by atoms with van der Waals surface area (Å²) >= 11 is 6.11. The molecule has 0 saturated carbocycles.